The first kappa shape index (κ1) is 74.2. The Bertz CT molecular complexity index is 8030. The van der Waals surface area contributed by atoms with Gasteiger partial charge in [0.2, 0.25) is 0 Å². The van der Waals surface area contributed by atoms with Crippen LogP contribution >= 0.6 is 11.3 Å². The van der Waals surface area contributed by atoms with Crippen LogP contribution < -0.4 is 9.80 Å². The lowest BCUT2D eigenvalue weighted by molar-refractivity contribution is 0.660. The standard InChI is InChI=1S/C61H39NOS.C61H45NO/c1-3-15-40(16-4-1)42-17-13-20-47(37-42)62(56-27-14-24-52-51-23-9-12-28-59(51)64-60(52)56)46-33-29-41(30-34-46)43-31-36-57-53(38-43)50-35-32-45(39-58(50)63-57)61(44-18-5-2-6-19-44)54-25-10-7-21-48(54)49-22-8-11-26-55(49)61;1-59(2)51-22-12-8-18-43(51)47-30-27-40(35-55(47)59)62(41-28-31-48-44-19-9-13-23-52(44)60(3,4)56(48)36-41)42-29-32-49-50-34-39(26-33-57(50)63-58(49)37-42)61(38-16-6-5-7-17-38)53-24-14-10-20-45(53)46-21-11-15-25-54(46)61/h1-39H;5-37H,1-4H3. The molecule has 0 saturated heterocycles. The summed E-state index contributed by atoms with van der Waals surface area (Å²) in [6, 6.07) is 161. The van der Waals surface area contributed by atoms with Crippen LogP contribution in [0.2, 0.25) is 0 Å². The summed E-state index contributed by atoms with van der Waals surface area (Å²) >= 11 is 1.86. The SMILES string of the molecule is CC1(C)c2ccccc2-c2ccc(N(c3ccc4c(c3)C(C)(C)c3ccccc3-4)c3ccc4c(c3)oc3ccc(C5(c6ccccc6)c6ccccc6-c6ccccc65)cc34)cc21.c1ccc(-c2cccc(N(c3ccc(-c4ccc5oc6cc(C7(c8ccccc8)c8ccccc8-c8ccccc87)ccc6c5c4)cc3)c3cccc4c3sc3ccccc34)c2)cc1. The van der Waals surface area contributed by atoms with Gasteiger partial charge in [-0.2, -0.15) is 0 Å². The minimum Gasteiger partial charge on any atom is -0.456 e. The van der Waals surface area contributed by atoms with Gasteiger partial charge in [-0.3, -0.25) is 0 Å². The van der Waals surface area contributed by atoms with E-state index in [9.17, 15) is 0 Å². The Labute approximate surface area is 742 Å². The molecule has 4 nitrogen and oxygen atoms in total. The van der Waals surface area contributed by atoms with E-state index in [-0.39, 0.29) is 10.8 Å². The lowest BCUT2D eigenvalue weighted by Crippen LogP contribution is -2.28. The van der Waals surface area contributed by atoms with Crippen molar-refractivity contribution in [1.82, 2.24) is 0 Å². The zero-order valence-corrected chi connectivity index (χ0v) is 71.5. The number of fused-ring (bicyclic) bond motifs is 21. The molecule has 0 N–H and O–H groups in total. The van der Waals surface area contributed by atoms with Gasteiger partial charge in [-0.05, 0) is 237 Å². The molecule has 0 unspecified atom stereocenters. The molecule has 0 fully saturated rings. The van der Waals surface area contributed by atoms with Crippen LogP contribution in [0.1, 0.15) is 94.5 Å². The molecule has 600 valence electrons. The topological polar surface area (TPSA) is 32.8 Å². The number of rotatable bonds is 12. The largest absolute Gasteiger partial charge is 0.456 e. The van der Waals surface area contributed by atoms with E-state index in [1.807, 2.05) is 11.3 Å². The summed E-state index contributed by atoms with van der Waals surface area (Å²) in [5.74, 6) is 0. The third-order valence-electron chi connectivity index (χ3n) is 28.3. The van der Waals surface area contributed by atoms with E-state index in [1.165, 1.54) is 148 Å². The molecule has 3 heterocycles. The van der Waals surface area contributed by atoms with Crippen LogP contribution in [0.3, 0.4) is 0 Å². The van der Waals surface area contributed by atoms with Gasteiger partial charge in [0.05, 0.1) is 21.2 Å². The second-order valence-corrected chi connectivity index (χ2v) is 36.7. The van der Waals surface area contributed by atoms with Crippen LogP contribution in [-0.2, 0) is 21.7 Å². The highest BCUT2D eigenvalue weighted by atomic mass is 32.1. The molecule has 3 aromatic heterocycles. The molecule has 4 aliphatic carbocycles. The number of nitrogens with zero attached hydrogens (tertiary/aromatic N) is 2. The van der Waals surface area contributed by atoms with Gasteiger partial charge < -0.3 is 18.6 Å². The molecule has 0 aliphatic heterocycles. The molecule has 0 amide bonds. The van der Waals surface area contributed by atoms with Crippen molar-refractivity contribution >= 4 is 110 Å². The van der Waals surface area contributed by atoms with E-state index in [1.54, 1.807) is 0 Å². The van der Waals surface area contributed by atoms with E-state index in [0.29, 0.717) is 0 Å². The minimum atomic E-state index is -0.481. The van der Waals surface area contributed by atoms with Crippen LogP contribution in [0.25, 0.3) is 131 Å². The molecule has 5 heteroatoms. The number of furan rings is 2. The number of hydrogen-bond acceptors (Lipinski definition) is 5. The van der Waals surface area contributed by atoms with Gasteiger partial charge in [0.25, 0.3) is 0 Å². The minimum absolute atomic E-state index is 0.132. The summed E-state index contributed by atoms with van der Waals surface area (Å²) in [4.78, 5) is 4.86. The van der Waals surface area contributed by atoms with Gasteiger partial charge in [-0.15, -0.1) is 11.3 Å². The van der Waals surface area contributed by atoms with Crippen molar-refractivity contribution in [1.29, 1.82) is 0 Å². The fourth-order valence-corrected chi connectivity index (χ4v) is 23.7. The highest BCUT2D eigenvalue weighted by Crippen LogP contribution is 2.61. The predicted molar refractivity (Wildman–Crippen MR) is 530 cm³/mol. The van der Waals surface area contributed by atoms with Crippen LogP contribution in [0.4, 0.5) is 34.1 Å². The molecule has 4 aliphatic rings. The highest BCUT2D eigenvalue weighted by Gasteiger charge is 2.48. The Hall–Kier alpha value is -15.4. The van der Waals surface area contributed by atoms with Crippen molar-refractivity contribution in [3.05, 3.63) is 504 Å². The van der Waals surface area contributed by atoms with Gasteiger partial charge in [0.15, 0.2) is 0 Å². The Balaban J connectivity index is 0.000000138. The molecule has 0 saturated carbocycles. The van der Waals surface area contributed by atoms with Crippen LogP contribution in [0.15, 0.2) is 446 Å². The number of anilines is 6. The van der Waals surface area contributed by atoms with Crippen LogP contribution in [-0.4, -0.2) is 0 Å². The lowest BCUT2D eigenvalue weighted by Gasteiger charge is -2.33. The summed E-state index contributed by atoms with van der Waals surface area (Å²) in [5, 5.41) is 7.02. The average Bonchev–Trinajstić information content (AvgIpc) is 1.54. The van der Waals surface area contributed by atoms with Gasteiger partial charge in [0, 0.05) is 82.4 Å². The molecular formula is C122H84N2O2S. The maximum Gasteiger partial charge on any atom is 0.137 e. The maximum absolute atomic E-state index is 6.88. The Kier molecular flexibility index (Phi) is 16.7. The van der Waals surface area contributed by atoms with Crippen molar-refractivity contribution in [3.63, 3.8) is 0 Å². The van der Waals surface area contributed by atoms with Crippen molar-refractivity contribution < 1.29 is 8.83 Å². The predicted octanol–water partition coefficient (Wildman–Crippen LogP) is 33.2. The molecule has 0 atom stereocenters. The van der Waals surface area contributed by atoms with E-state index in [0.717, 1.165) is 83.4 Å². The van der Waals surface area contributed by atoms with Gasteiger partial charge in [0.1, 0.15) is 22.3 Å². The Morgan fingerprint density at radius 2 is 0.583 bits per heavy atom. The van der Waals surface area contributed by atoms with Gasteiger partial charge in [-0.1, -0.05) is 355 Å². The number of benzene rings is 19. The third-order valence-corrected chi connectivity index (χ3v) is 29.5. The molecule has 0 spiro atoms. The average molecular weight is 1640 g/mol. The number of hydrogen-bond donors (Lipinski definition) is 0. The van der Waals surface area contributed by atoms with Crippen LogP contribution in [0, 0.1) is 0 Å². The second kappa shape index (κ2) is 28.6. The summed E-state index contributed by atoms with van der Waals surface area (Å²) in [6.07, 6.45) is 0. The Morgan fingerprint density at radius 1 is 0.205 bits per heavy atom. The zero-order valence-electron chi connectivity index (χ0n) is 70.7. The van der Waals surface area contributed by atoms with Gasteiger partial charge in [-0.25, -0.2) is 0 Å². The molecule has 0 radical (unpaired) electrons. The smallest absolute Gasteiger partial charge is 0.137 e. The fourth-order valence-electron chi connectivity index (χ4n) is 22.5. The fraction of sp³-hybridized carbons (Fsp3) is 0.0656. The first-order valence-electron chi connectivity index (χ1n) is 44.2. The lowest BCUT2D eigenvalue weighted by atomic mass is 9.67. The third kappa shape index (κ3) is 11.2. The summed E-state index contributed by atoms with van der Waals surface area (Å²) in [5.41, 5.74) is 39.7. The summed E-state index contributed by atoms with van der Waals surface area (Å²) < 4.78 is 16.2. The molecule has 19 aromatic carbocycles. The highest BCUT2D eigenvalue weighted by molar-refractivity contribution is 7.26. The van der Waals surface area contributed by atoms with Crippen molar-refractivity contribution in [2.45, 2.75) is 49.4 Å². The quantitative estimate of drug-likeness (QED) is 0.122. The van der Waals surface area contributed by atoms with E-state index in [4.69, 9.17) is 8.83 Å². The van der Waals surface area contributed by atoms with Crippen molar-refractivity contribution in [2.24, 2.45) is 0 Å². The molecule has 127 heavy (non-hydrogen) atoms. The maximum atomic E-state index is 6.88. The zero-order chi connectivity index (χ0) is 84.4. The van der Waals surface area contributed by atoms with E-state index < -0.39 is 10.8 Å². The monoisotopic (exact) mass is 1640 g/mol. The molecule has 0 bridgehead atoms. The summed E-state index contributed by atoms with van der Waals surface area (Å²) in [6.45, 7) is 9.45. The first-order valence-corrected chi connectivity index (χ1v) is 45.0. The van der Waals surface area contributed by atoms with Crippen LogP contribution in [0.5, 0.6) is 0 Å². The van der Waals surface area contributed by atoms with E-state index in [2.05, 4.69) is 474 Å². The normalized spacial score (nSPS) is 14.1. The second-order valence-electron chi connectivity index (χ2n) is 35.6. The van der Waals surface area contributed by atoms with E-state index >= 15 is 0 Å². The first-order chi connectivity index (χ1) is 62.5. The van der Waals surface area contributed by atoms with Crippen molar-refractivity contribution in [3.8, 4) is 66.8 Å². The van der Waals surface area contributed by atoms with Crippen molar-refractivity contribution in [2.75, 3.05) is 9.80 Å². The molecule has 26 rings (SSSR count). The molecule has 22 aromatic rings. The Morgan fingerprint density at radius 3 is 1.15 bits per heavy atom. The molecular weight excluding hydrogens is 1560 g/mol. The summed E-state index contributed by atoms with van der Waals surface area (Å²) in [7, 11) is 0. The van der Waals surface area contributed by atoms with Gasteiger partial charge >= 0.3 is 0 Å². The number of thiophene rings is 1.